The lowest BCUT2D eigenvalue weighted by molar-refractivity contribution is 0.144. The van der Waals surface area contributed by atoms with E-state index in [1.165, 1.54) is 0 Å². The molecule has 1 aliphatic heterocycles. The van der Waals surface area contributed by atoms with Gasteiger partial charge in [0.15, 0.2) is 0 Å². The molecule has 96 valence electrons. The van der Waals surface area contributed by atoms with Gasteiger partial charge in [-0.15, -0.1) is 0 Å². The maximum Gasteiger partial charge on any atom is 0.138 e. The van der Waals surface area contributed by atoms with Crippen LogP contribution in [0.4, 0.5) is 4.39 Å². The predicted molar refractivity (Wildman–Crippen MR) is 70.5 cm³/mol. The minimum atomic E-state index is -0.623. The van der Waals surface area contributed by atoms with E-state index in [4.69, 9.17) is 11.6 Å². The third-order valence-electron chi connectivity index (χ3n) is 3.47. The smallest absolute Gasteiger partial charge is 0.138 e. The van der Waals surface area contributed by atoms with E-state index in [-0.39, 0.29) is 0 Å². The van der Waals surface area contributed by atoms with Gasteiger partial charge in [-0.3, -0.25) is 4.90 Å². The number of aromatic amines is 1. The van der Waals surface area contributed by atoms with E-state index in [1.54, 1.807) is 6.20 Å². The third kappa shape index (κ3) is 2.35. The van der Waals surface area contributed by atoms with Crippen LogP contribution in [0.5, 0.6) is 0 Å². The van der Waals surface area contributed by atoms with Gasteiger partial charge in [-0.05, 0) is 25.0 Å². The number of alkyl halides is 1. The first-order valence-corrected chi connectivity index (χ1v) is 6.59. The van der Waals surface area contributed by atoms with E-state index in [0.29, 0.717) is 18.0 Å². The van der Waals surface area contributed by atoms with Crippen molar-refractivity contribution in [2.24, 2.45) is 0 Å². The summed E-state index contributed by atoms with van der Waals surface area (Å²) in [6.07, 6.45) is 2.35. The van der Waals surface area contributed by atoms with Crippen molar-refractivity contribution in [3.05, 3.63) is 29.2 Å². The van der Waals surface area contributed by atoms with E-state index in [9.17, 15) is 4.39 Å². The Labute approximate surface area is 110 Å². The summed E-state index contributed by atoms with van der Waals surface area (Å²) in [4.78, 5) is 9.66. The second-order valence-corrected chi connectivity index (χ2v) is 5.17. The molecule has 0 saturated carbocycles. The Morgan fingerprint density at radius 3 is 2.94 bits per heavy atom. The largest absolute Gasteiger partial charge is 0.357 e. The summed E-state index contributed by atoms with van der Waals surface area (Å²) in [6, 6.07) is 3.95. The normalized spacial score (nSPS) is 18.6. The minimum Gasteiger partial charge on any atom is -0.357 e. The molecule has 3 nitrogen and oxygen atoms in total. The van der Waals surface area contributed by atoms with Gasteiger partial charge in [-0.25, -0.2) is 9.37 Å². The number of fused-ring (bicyclic) bond motifs is 1. The molecule has 1 saturated heterocycles. The summed E-state index contributed by atoms with van der Waals surface area (Å²) in [7, 11) is 0. The number of pyridine rings is 1. The summed E-state index contributed by atoms with van der Waals surface area (Å²) >= 11 is 6.04. The maximum absolute atomic E-state index is 13.1. The van der Waals surface area contributed by atoms with Crippen LogP contribution in [0.15, 0.2) is 18.3 Å². The number of nitrogens with zero attached hydrogens (tertiary/aromatic N) is 2. The Morgan fingerprint density at radius 2 is 2.22 bits per heavy atom. The van der Waals surface area contributed by atoms with Gasteiger partial charge in [0.2, 0.25) is 0 Å². The van der Waals surface area contributed by atoms with Crippen molar-refractivity contribution in [1.29, 1.82) is 0 Å². The van der Waals surface area contributed by atoms with Crippen molar-refractivity contribution in [1.82, 2.24) is 14.9 Å². The average Bonchev–Trinajstić information content (AvgIpc) is 2.76. The summed E-state index contributed by atoms with van der Waals surface area (Å²) in [6.45, 7) is 2.46. The van der Waals surface area contributed by atoms with E-state index < -0.39 is 6.17 Å². The molecule has 2 aromatic rings. The Bertz CT molecular complexity index is 546. The zero-order chi connectivity index (χ0) is 12.5. The first-order valence-electron chi connectivity index (χ1n) is 6.21. The fourth-order valence-electron chi connectivity index (χ4n) is 2.46. The topological polar surface area (TPSA) is 31.9 Å². The molecule has 1 fully saturated rings. The first kappa shape index (κ1) is 11.9. The monoisotopic (exact) mass is 267 g/mol. The zero-order valence-corrected chi connectivity index (χ0v) is 10.8. The highest BCUT2D eigenvalue weighted by molar-refractivity contribution is 6.34. The van der Waals surface area contributed by atoms with Crippen molar-refractivity contribution in [3.63, 3.8) is 0 Å². The van der Waals surface area contributed by atoms with Crippen LogP contribution in [0.25, 0.3) is 10.9 Å². The van der Waals surface area contributed by atoms with E-state index in [0.717, 1.165) is 36.2 Å². The van der Waals surface area contributed by atoms with Gasteiger partial charge in [0.05, 0.1) is 5.52 Å². The molecule has 18 heavy (non-hydrogen) atoms. The lowest BCUT2D eigenvalue weighted by atomic mass is 10.1. The molecule has 0 radical (unpaired) electrons. The lowest BCUT2D eigenvalue weighted by Crippen LogP contribution is -2.33. The van der Waals surface area contributed by atoms with Gasteiger partial charge >= 0.3 is 0 Å². The standard InChI is InChI=1S/C13H15ClFN3/c14-13-11-7-10(17-12(11)1-4-16-13)8-18-5-2-9(15)3-6-18/h1,4,7,9,17H,2-3,5-6,8H2. The maximum atomic E-state index is 13.1. The van der Waals surface area contributed by atoms with Crippen LogP contribution < -0.4 is 0 Å². The molecule has 2 aromatic heterocycles. The van der Waals surface area contributed by atoms with Crippen molar-refractivity contribution < 1.29 is 4.39 Å². The zero-order valence-electron chi connectivity index (χ0n) is 10.00. The van der Waals surface area contributed by atoms with E-state index in [1.807, 2.05) is 12.1 Å². The number of aromatic nitrogens is 2. The van der Waals surface area contributed by atoms with Crippen LogP contribution in [-0.2, 0) is 6.54 Å². The fourth-order valence-corrected chi connectivity index (χ4v) is 2.68. The van der Waals surface area contributed by atoms with Gasteiger partial charge in [0.1, 0.15) is 11.3 Å². The van der Waals surface area contributed by atoms with Crippen LogP contribution in [0.2, 0.25) is 5.15 Å². The molecule has 0 atom stereocenters. The van der Waals surface area contributed by atoms with Crippen LogP contribution in [-0.4, -0.2) is 34.1 Å². The van der Waals surface area contributed by atoms with E-state index in [2.05, 4.69) is 14.9 Å². The highest BCUT2D eigenvalue weighted by Crippen LogP contribution is 2.23. The van der Waals surface area contributed by atoms with Crippen LogP contribution >= 0.6 is 11.6 Å². The van der Waals surface area contributed by atoms with Gasteiger partial charge in [0, 0.05) is 36.9 Å². The highest BCUT2D eigenvalue weighted by atomic mass is 35.5. The van der Waals surface area contributed by atoms with Gasteiger partial charge in [-0.1, -0.05) is 11.6 Å². The molecule has 3 rings (SSSR count). The molecule has 5 heteroatoms. The Kier molecular flexibility index (Phi) is 3.22. The van der Waals surface area contributed by atoms with Crippen molar-refractivity contribution in [2.75, 3.05) is 13.1 Å². The molecule has 1 aliphatic rings. The highest BCUT2D eigenvalue weighted by Gasteiger charge is 2.18. The fraction of sp³-hybridized carbons (Fsp3) is 0.462. The SMILES string of the molecule is FC1CCN(Cc2cc3c(Cl)nccc3[nH]2)CC1. The predicted octanol–water partition coefficient (Wildman–Crippen LogP) is 3.15. The lowest BCUT2D eigenvalue weighted by Gasteiger charge is -2.27. The molecule has 0 unspecified atom stereocenters. The Balaban J connectivity index is 1.77. The third-order valence-corrected chi connectivity index (χ3v) is 3.77. The second kappa shape index (κ2) is 4.86. The van der Waals surface area contributed by atoms with Gasteiger partial charge in [-0.2, -0.15) is 0 Å². The van der Waals surface area contributed by atoms with Crippen LogP contribution in [0.3, 0.4) is 0 Å². The minimum absolute atomic E-state index is 0.525. The molecule has 0 amide bonds. The summed E-state index contributed by atoms with van der Waals surface area (Å²) in [5.41, 5.74) is 2.11. The summed E-state index contributed by atoms with van der Waals surface area (Å²) in [5.74, 6) is 0. The van der Waals surface area contributed by atoms with Crippen molar-refractivity contribution in [3.8, 4) is 0 Å². The van der Waals surface area contributed by atoms with Crippen LogP contribution in [0, 0.1) is 0 Å². The van der Waals surface area contributed by atoms with E-state index >= 15 is 0 Å². The van der Waals surface area contributed by atoms with Crippen LogP contribution in [0.1, 0.15) is 18.5 Å². The molecule has 0 spiro atoms. The molecular weight excluding hydrogens is 253 g/mol. The molecule has 0 aromatic carbocycles. The number of likely N-dealkylation sites (tertiary alicyclic amines) is 1. The van der Waals surface area contributed by atoms with Crippen molar-refractivity contribution >= 4 is 22.5 Å². The van der Waals surface area contributed by atoms with Gasteiger partial charge in [0.25, 0.3) is 0 Å². The summed E-state index contributed by atoms with van der Waals surface area (Å²) < 4.78 is 13.1. The number of piperidine rings is 1. The molecule has 0 aliphatic carbocycles. The quantitative estimate of drug-likeness (QED) is 0.848. The first-order chi connectivity index (χ1) is 8.72. The number of hydrogen-bond donors (Lipinski definition) is 1. The molecular formula is C13H15ClFN3. The van der Waals surface area contributed by atoms with Crippen molar-refractivity contribution in [2.45, 2.75) is 25.6 Å². The second-order valence-electron chi connectivity index (χ2n) is 4.81. The summed E-state index contributed by atoms with van der Waals surface area (Å²) in [5, 5.41) is 1.48. The molecule has 3 heterocycles. The number of hydrogen-bond acceptors (Lipinski definition) is 2. The number of H-pyrrole nitrogens is 1. The number of nitrogens with one attached hydrogen (secondary N) is 1. The molecule has 0 bridgehead atoms. The number of rotatable bonds is 2. The number of halogens is 2. The average molecular weight is 268 g/mol. The Morgan fingerprint density at radius 1 is 1.44 bits per heavy atom. The Hall–Kier alpha value is -1.13. The van der Waals surface area contributed by atoms with Gasteiger partial charge < -0.3 is 4.98 Å². The molecule has 1 N–H and O–H groups in total.